The zero-order valence-corrected chi connectivity index (χ0v) is 25.7. The summed E-state index contributed by atoms with van der Waals surface area (Å²) in [5.74, 6) is -5.65. The molecule has 0 fully saturated rings. The number of Topliss-reactive ketones (excluding diaryl/α,β-unsaturated/α-hetero) is 2. The lowest BCUT2D eigenvalue weighted by atomic mass is 10.1. The van der Waals surface area contributed by atoms with Gasteiger partial charge in [-0.15, -0.1) is 23.5 Å². The van der Waals surface area contributed by atoms with Crippen molar-refractivity contribution in [1.82, 2.24) is 9.13 Å². The van der Waals surface area contributed by atoms with Gasteiger partial charge in [0, 0.05) is 16.5 Å². The third-order valence-electron chi connectivity index (χ3n) is 6.83. The van der Waals surface area contributed by atoms with Gasteiger partial charge in [-0.2, -0.15) is 0 Å². The first kappa shape index (κ1) is 38.2. The summed E-state index contributed by atoms with van der Waals surface area (Å²) < 4.78 is 14.4. The number of carbonyl (C=O) groups is 6. The Labute approximate surface area is 278 Å². The molecule has 47 heavy (non-hydrogen) atoms. The Morgan fingerprint density at radius 1 is 0.681 bits per heavy atom. The van der Waals surface area contributed by atoms with Crippen molar-refractivity contribution in [2.45, 2.75) is 40.5 Å². The van der Waals surface area contributed by atoms with Crippen LogP contribution in [0.5, 0.6) is 11.5 Å². The van der Waals surface area contributed by atoms with E-state index >= 15 is 0 Å². The van der Waals surface area contributed by atoms with E-state index in [9.17, 15) is 28.8 Å². The zero-order chi connectivity index (χ0) is 33.0. The van der Waals surface area contributed by atoms with Crippen LogP contribution in [0.3, 0.4) is 0 Å². The number of ether oxygens (including phenoxy) is 2. The number of benzene rings is 2. The molecule has 252 valence electrons. The molecule has 0 aliphatic heterocycles. The number of aromatic nitrogens is 2. The number of fused-ring (bicyclic) bond motifs is 2. The number of nitrogens with zero attached hydrogens (tertiary/aromatic N) is 2. The summed E-state index contributed by atoms with van der Waals surface area (Å²) in [6.45, 7) is 2.02. The van der Waals surface area contributed by atoms with Crippen molar-refractivity contribution in [2.24, 2.45) is 11.5 Å². The van der Waals surface area contributed by atoms with Crippen LogP contribution in [0, 0.1) is 13.8 Å². The highest BCUT2D eigenvalue weighted by Crippen LogP contribution is 2.37. The highest BCUT2D eigenvalue weighted by atomic mass is 32.2. The first-order chi connectivity index (χ1) is 21.3. The Balaban J connectivity index is 0.00000384. The van der Waals surface area contributed by atoms with Crippen LogP contribution >= 0.6 is 23.5 Å². The largest absolute Gasteiger partial charge is 0.481 e. The average molecular weight is 689 g/mol. The number of thioether (sulfide) groups is 2. The molecule has 2 aromatic heterocycles. The standard InChI is InChI=1S/C29H28N4O10S2.2CH4/c1-14-22(26(38)28(30)40)24-16(5-3-7-18(24)42-9-20(34)35)32(14)11-44-13-45-12-33-15(2)23(27(39)29(31)41)25-17(33)6-4-8-19(25)43-10-21(36)37;;/h3-8H,9-13H2,1-2H3,(H2,30,40)(H2,31,41)(H,34,35)(H,36,37);2*1H4. The molecule has 0 radical (unpaired) electrons. The molecule has 0 bridgehead atoms. The number of hydrogen-bond donors (Lipinski definition) is 4. The predicted molar refractivity (Wildman–Crippen MR) is 180 cm³/mol. The third-order valence-corrected chi connectivity index (χ3v) is 9.05. The van der Waals surface area contributed by atoms with Crippen LogP contribution in [-0.2, 0) is 30.9 Å². The average Bonchev–Trinajstić information content (AvgIpc) is 3.43. The van der Waals surface area contributed by atoms with Crippen molar-refractivity contribution in [3.8, 4) is 11.5 Å². The van der Waals surface area contributed by atoms with Gasteiger partial charge in [-0.05, 0) is 38.1 Å². The topological polar surface area (TPSA) is 223 Å². The van der Waals surface area contributed by atoms with E-state index in [-0.39, 0.29) is 48.3 Å². The molecule has 0 atom stereocenters. The Hall–Kier alpha value is -4.96. The van der Waals surface area contributed by atoms with Gasteiger partial charge in [-0.3, -0.25) is 19.2 Å². The normalized spacial score (nSPS) is 10.6. The van der Waals surface area contributed by atoms with E-state index in [0.29, 0.717) is 39.3 Å². The molecule has 0 unspecified atom stereocenters. The minimum Gasteiger partial charge on any atom is -0.481 e. The summed E-state index contributed by atoms with van der Waals surface area (Å²) in [4.78, 5) is 71.4. The summed E-state index contributed by atoms with van der Waals surface area (Å²) in [7, 11) is 0. The fourth-order valence-electron chi connectivity index (χ4n) is 4.95. The number of carbonyl (C=O) groups excluding carboxylic acids is 4. The van der Waals surface area contributed by atoms with Crippen molar-refractivity contribution < 1.29 is 48.5 Å². The number of aliphatic carboxylic acids is 2. The lowest BCUT2D eigenvalue weighted by molar-refractivity contribution is -0.140. The fraction of sp³-hybridized carbons (Fsp3) is 0.290. The summed E-state index contributed by atoms with van der Waals surface area (Å²) >= 11 is 2.95. The maximum atomic E-state index is 12.8. The molecule has 2 heterocycles. The second kappa shape index (κ2) is 16.0. The number of hydrogen-bond acceptors (Lipinski definition) is 10. The van der Waals surface area contributed by atoms with Gasteiger partial charge in [-0.25, -0.2) is 9.59 Å². The maximum Gasteiger partial charge on any atom is 0.341 e. The molecule has 16 heteroatoms. The first-order valence-corrected chi connectivity index (χ1v) is 15.4. The molecule has 4 rings (SSSR count). The highest BCUT2D eigenvalue weighted by molar-refractivity contribution is 8.15. The minimum absolute atomic E-state index is 0. The molecule has 14 nitrogen and oxygen atoms in total. The Morgan fingerprint density at radius 2 is 1.04 bits per heavy atom. The van der Waals surface area contributed by atoms with Crippen molar-refractivity contribution in [2.75, 3.05) is 18.3 Å². The molecule has 4 aromatic rings. The minimum atomic E-state index is -1.21. The quantitative estimate of drug-likeness (QED) is 0.0571. The second-order valence-electron chi connectivity index (χ2n) is 9.61. The van der Waals surface area contributed by atoms with Crippen LogP contribution in [0.1, 0.15) is 47.0 Å². The van der Waals surface area contributed by atoms with Gasteiger partial charge in [-0.1, -0.05) is 27.0 Å². The third kappa shape index (κ3) is 7.89. The van der Waals surface area contributed by atoms with Gasteiger partial charge in [0.15, 0.2) is 13.2 Å². The SMILES string of the molecule is C.C.Cc1c(C(=O)C(N)=O)c2c(OCC(=O)O)cccc2n1CSCSCn1c(C)c(C(=O)C(N)=O)c2c(OCC(=O)O)cccc21. The smallest absolute Gasteiger partial charge is 0.341 e. The molecule has 0 aliphatic rings. The van der Waals surface area contributed by atoms with E-state index in [1.807, 2.05) is 0 Å². The van der Waals surface area contributed by atoms with Crippen LogP contribution in [0.15, 0.2) is 36.4 Å². The number of carboxylic acids is 2. The number of rotatable bonds is 16. The molecular weight excluding hydrogens is 652 g/mol. The van der Waals surface area contributed by atoms with E-state index in [1.165, 1.54) is 35.7 Å². The molecular formula is C31H36N4O10S2. The van der Waals surface area contributed by atoms with Crippen LogP contribution in [0.4, 0.5) is 0 Å². The van der Waals surface area contributed by atoms with Crippen LogP contribution in [0.2, 0.25) is 0 Å². The van der Waals surface area contributed by atoms with E-state index in [0.717, 1.165) is 0 Å². The molecule has 2 amide bonds. The number of ketones is 2. The number of primary amides is 2. The van der Waals surface area contributed by atoms with Gasteiger partial charge in [0.25, 0.3) is 23.4 Å². The molecule has 0 saturated heterocycles. The van der Waals surface area contributed by atoms with Crippen molar-refractivity contribution in [3.05, 3.63) is 58.9 Å². The molecule has 0 spiro atoms. The molecule has 6 N–H and O–H groups in total. The van der Waals surface area contributed by atoms with E-state index in [1.54, 1.807) is 47.2 Å². The predicted octanol–water partition coefficient (Wildman–Crippen LogP) is 3.79. The van der Waals surface area contributed by atoms with Gasteiger partial charge in [0.1, 0.15) is 11.5 Å². The van der Waals surface area contributed by atoms with Gasteiger partial charge in [0.2, 0.25) is 0 Å². The van der Waals surface area contributed by atoms with Crippen molar-refractivity contribution in [1.29, 1.82) is 0 Å². The van der Waals surface area contributed by atoms with Gasteiger partial charge in [0.05, 0.1) is 44.7 Å². The number of carboxylic acid groups (broad SMARTS) is 2. The Morgan fingerprint density at radius 3 is 1.36 bits per heavy atom. The van der Waals surface area contributed by atoms with E-state index < -0.39 is 48.5 Å². The first-order valence-electron chi connectivity index (χ1n) is 13.1. The molecule has 0 aliphatic carbocycles. The number of nitrogens with two attached hydrogens (primary N) is 2. The monoisotopic (exact) mass is 688 g/mol. The van der Waals surface area contributed by atoms with Gasteiger partial charge >= 0.3 is 11.9 Å². The summed E-state index contributed by atoms with van der Waals surface area (Å²) in [6.07, 6.45) is 0. The second-order valence-corrected chi connectivity index (χ2v) is 11.9. The van der Waals surface area contributed by atoms with Crippen molar-refractivity contribution >= 4 is 80.6 Å². The summed E-state index contributed by atoms with van der Waals surface area (Å²) in [5, 5.41) is 19.2. The molecule has 2 aromatic carbocycles. The number of amides is 2. The lowest BCUT2D eigenvalue weighted by Crippen LogP contribution is -2.24. The Kier molecular flexibility index (Phi) is 13.0. The summed E-state index contributed by atoms with van der Waals surface area (Å²) in [6, 6.07) is 9.75. The molecule has 0 saturated carbocycles. The Bertz CT molecular complexity index is 1750. The van der Waals surface area contributed by atoms with Crippen LogP contribution < -0.4 is 20.9 Å². The summed E-state index contributed by atoms with van der Waals surface area (Å²) in [5.41, 5.74) is 12.7. The van der Waals surface area contributed by atoms with Crippen LogP contribution in [0.25, 0.3) is 21.8 Å². The van der Waals surface area contributed by atoms with Crippen molar-refractivity contribution in [3.63, 3.8) is 0 Å². The van der Waals surface area contributed by atoms with E-state index in [2.05, 4.69) is 0 Å². The maximum absolute atomic E-state index is 12.8. The van der Waals surface area contributed by atoms with E-state index in [4.69, 9.17) is 31.2 Å². The lowest BCUT2D eigenvalue weighted by Gasteiger charge is -2.11. The zero-order valence-electron chi connectivity index (χ0n) is 24.0. The fourth-order valence-corrected chi connectivity index (χ4v) is 7.05. The highest BCUT2D eigenvalue weighted by Gasteiger charge is 2.28. The van der Waals surface area contributed by atoms with Crippen LogP contribution in [-0.4, -0.2) is 73.0 Å². The van der Waals surface area contributed by atoms with Gasteiger partial charge < -0.3 is 40.3 Å².